The van der Waals surface area contributed by atoms with E-state index in [2.05, 4.69) is 5.32 Å². The first-order chi connectivity index (χ1) is 13.0. The molecule has 0 radical (unpaired) electrons. The molecule has 0 fully saturated rings. The lowest BCUT2D eigenvalue weighted by Crippen LogP contribution is -2.49. The first-order valence-corrected chi connectivity index (χ1v) is 10.3. The number of nitrogens with one attached hydrogen (secondary N) is 1. The summed E-state index contributed by atoms with van der Waals surface area (Å²) in [5.74, 6) is 0.561. The third-order valence-corrected chi connectivity index (χ3v) is 5.14. The van der Waals surface area contributed by atoms with Gasteiger partial charge in [0.05, 0.1) is 0 Å². The van der Waals surface area contributed by atoms with Crippen LogP contribution in [0, 0.1) is 0 Å². The van der Waals surface area contributed by atoms with Crippen LogP contribution >= 0.6 is 11.8 Å². The number of amides is 2. The highest BCUT2D eigenvalue weighted by atomic mass is 32.2. The molecule has 4 nitrogen and oxygen atoms in total. The van der Waals surface area contributed by atoms with Crippen molar-refractivity contribution in [3.63, 3.8) is 0 Å². The molecule has 27 heavy (non-hydrogen) atoms. The van der Waals surface area contributed by atoms with Crippen LogP contribution in [0.5, 0.6) is 0 Å². The van der Waals surface area contributed by atoms with Crippen LogP contribution in [0.25, 0.3) is 0 Å². The Morgan fingerprint density at radius 3 is 2.15 bits per heavy atom. The largest absolute Gasteiger partial charge is 0.352 e. The maximum atomic E-state index is 12.9. The molecule has 144 valence electrons. The lowest BCUT2D eigenvalue weighted by molar-refractivity contribution is -0.140. The van der Waals surface area contributed by atoms with E-state index in [-0.39, 0.29) is 17.9 Å². The smallest absolute Gasteiger partial charge is 0.242 e. The molecule has 0 spiro atoms. The van der Waals surface area contributed by atoms with Gasteiger partial charge in [-0.15, -0.1) is 11.8 Å². The fourth-order valence-corrected chi connectivity index (χ4v) is 3.55. The highest BCUT2D eigenvalue weighted by Crippen LogP contribution is 2.19. The standard InChI is InChI=1S/C22H28N2O2S/c1-17(2)23-22(26)18(3)24(16-19-10-6-4-7-11-19)21(25)14-15-27-20-12-8-5-9-13-20/h4-13,17-18H,14-16H2,1-3H3,(H,23,26)/t18-/m1/s1. The monoisotopic (exact) mass is 384 g/mol. The Balaban J connectivity index is 2.03. The summed E-state index contributed by atoms with van der Waals surface area (Å²) in [6.45, 7) is 6.07. The van der Waals surface area contributed by atoms with E-state index in [4.69, 9.17) is 0 Å². The average Bonchev–Trinajstić information content (AvgIpc) is 2.66. The second-order valence-electron chi connectivity index (χ2n) is 6.76. The summed E-state index contributed by atoms with van der Waals surface area (Å²) in [7, 11) is 0. The molecule has 0 saturated heterocycles. The van der Waals surface area contributed by atoms with E-state index in [1.54, 1.807) is 23.6 Å². The van der Waals surface area contributed by atoms with Gasteiger partial charge in [0.15, 0.2) is 0 Å². The average molecular weight is 385 g/mol. The molecule has 0 aromatic heterocycles. The summed E-state index contributed by atoms with van der Waals surface area (Å²) in [5, 5.41) is 2.91. The van der Waals surface area contributed by atoms with Gasteiger partial charge in [-0.3, -0.25) is 9.59 Å². The number of carbonyl (C=O) groups is 2. The van der Waals surface area contributed by atoms with Crippen molar-refractivity contribution in [2.24, 2.45) is 0 Å². The number of rotatable bonds is 9. The molecular formula is C22H28N2O2S. The van der Waals surface area contributed by atoms with Crippen LogP contribution in [-0.2, 0) is 16.1 Å². The van der Waals surface area contributed by atoms with Gasteiger partial charge in [-0.1, -0.05) is 48.5 Å². The van der Waals surface area contributed by atoms with Crippen molar-refractivity contribution in [2.45, 2.75) is 50.7 Å². The topological polar surface area (TPSA) is 49.4 Å². The van der Waals surface area contributed by atoms with Gasteiger partial charge in [-0.25, -0.2) is 0 Å². The number of hydrogen-bond acceptors (Lipinski definition) is 3. The minimum Gasteiger partial charge on any atom is -0.352 e. The molecule has 2 rings (SSSR count). The fourth-order valence-electron chi connectivity index (χ4n) is 2.68. The SMILES string of the molecule is CC(C)NC(=O)[C@@H](C)N(Cc1ccccc1)C(=O)CCSc1ccccc1. The van der Waals surface area contributed by atoms with Crippen LogP contribution in [0.3, 0.4) is 0 Å². The molecule has 1 N–H and O–H groups in total. The third kappa shape index (κ3) is 7.10. The number of carbonyl (C=O) groups excluding carboxylic acids is 2. The van der Waals surface area contributed by atoms with E-state index in [0.717, 1.165) is 10.5 Å². The second-order valence-corrected chi connectivity index (χ2v) is 7.93. The number of hydrogen-bond donors (Lipinski definition) is 1. The Hall–Kier alpha value is -2.27. The molecule has 1 atom stereocenters. The van der Waals surface area contributed by atoms with Gasteiger partial charge in [0.1, 0.15) is 6.04 Å². The van der Waals surface area contributed by atoms with Crippen LogP contribution in [-0.4, -0.2) is 34.6 Å². The van der Waals surface area contributed by atoms with E-state index >= 15 is 0 Å². The predicted molar refractivity (Wildman–Crippen MR) is 112 cm³/mol. The van der Waals surface area contributed by atoms with Gasteiger partial charge < -0.3 is 10.2 Å². The molecule has 0 unspecified atom stereocenters. The molecule has 0 aliphatic carbocycles. The molecular weight excluding hydrogens is 356 g/mol. The van der Waals surface area contributed by atoms with Crippen LogP contribution in [0.1, 0.15) is 32.8 Å². The van der Waals surface area contributed by atoms with Crippen molar-refractivity contribution in [1.29, 1.82) is 0 Å². The first-order valence-electron chi connectivity index (χ1n) is 9.29. The molecule has 2 amide bonds. The van der Waals surface area contributed by atoms with E-state index < -0.39 is 6.04 Å². The van der Waals surface area contributed by atoms with Crippen molar-refractivity contribution < 1.29 is 9.59 Å². The van der Waals surface area contributed by atoms with Gasteiger partial charge in [-0.2, -0.15) is 0 Å². The van der Waals surface area contributed by atoms with Crippen LogP contribution in [0.15, 0.2) is 65.6 Å². The van der Waals surface area contributed by atoms with Gasteiger partial charge in [0.2, 0.25) is 11.8 Å². The Labute approximate surface area is 166 Å². The predicted octanol–water partition coefficient (Wildman–Crippen LogP) is 4.11. The molecule has 0 bridgehead atoms. The quantitative estimate of drug-likeness (QED) is 0.662. The molecule has 0 saturated carbocycles. The fraction of sp³-hybridized carbons (Fsp3) is 0.364. The van der Waals surface area contributed by atoms with Gasteiger partial charge in [0, 0.05) is 29.7 Å². The Morgan fingerprint density at radius 1 is 0.963 bits per heavy atom. The maximum absolute atomic E-state index is 12.9. The van der Waals surface area contributed by atoms with E-state index in [1.165, 1.54) is 0 Å². The Kier molecular flexibility index (Phi) is 8.40. The number of benzene rings is 2. The van der Waals surface area contributed by atoms with Crippen LogP contribution in [0.2, 0.25) is 0 Å². The summed E-state index contributed by atoms with van der Waals surface area (Å²) in [4.78, 5) is 28.2. The minimum absolute atomic E-state index is 0.00584. The van der Waals surface area contributed by atoms with Crippen LogP contribution < -0.4 is 5.32 Å². The van der Waals surface area contributed by atoms with E-state index in [1.807, 2.05) is 74.5 Å². The van der Waals surface area contributed by atoms with Crippen molar-refractivity contribution in [2.75, 3.05) is 5.75 Å². The number of nitrogens with zero attached hydrogens (tertiary/aromatic N) is 1. The van der Waals surface area contributed by atoms with Crippen molar-refractivity contribution in [3.05, 3.63) is 66.2 Å². The van der Waals surface area contributed by atoms with Crippen molar-refractivity contribution in [3.8, 4) is 0 Å². The second kappa shape index (κ2) is 10.8. The van der Waals surface area contributed by atoms with Crippen LogP contribution in [0.4, 0.5) is 0 Å². The zero-order valence-electron chi connectivity index (χ0n) is 16.2. The van der Waals surface area contributed by atoms with Gasteiger partial charge in [0.25, 0.3) is 0 Å². The van der Waals surface area contributed by atoms with Gasteiger partial charge >= 0.3 is 0 Å². The lowest BCUT2D eigenvalue weighted by Gasteiger charge is -2.29. The summed E-state index contributed by atoms with van der Waals surface area (Å²) in [5.41, 5.74) is 1.02. The lowest BCUT2D eigenvalue weighted by atomic mass is 10.1. The van der Waals surface area contributed by atoms with Crippen molar-refractivity contribution in [1.82, 2.24) is 10.2 Å². The summed E-state index contributed by atoms with van der Waals surface area (Å²) in [6, 6.07) is 19.4. The van der Waals surface area contributed by atoms with E-state index in [9.17, 15) is 9.59 Å². The normalized spacial score (nSPS) is 11.9. The number of thioether (sulfide) groups is 1. The maximum Gasteiger partial charge on any atom is 0.242 e. The highest BCUT2D eigenvalue weighted by molar-refractivity contribution is 7.99. The van der Waals surface area contributed by atoms with Crippen molar-refractivity contribution >= 4 is 23.6 Å². The molecule has 0 aliphatic rings. The van der Waals surface area contributed by atoms with Gasteiger partial charge in [-0.05, 0) is 38.5 Å². The molecule has 0 aliphatic heterocycles. The summed E-state index contributed by atoms with van der Waals surface area (Å²) < 4.78 is 0. The third-order valence-electron chi connectivity index (χ3n) is 4.12. The minimum atomic E-state index is -0.512. The summed E-state index contributed by atoms with van der Waals surface area (Å²) in [6.07, 6.45) is 0.395. The molecule has 2 aromatic rings. The Morgan fingerprint density at radius 2 is 1.56 bits per heavy atom. The highest BCUT2D eigenvalue weighted by Gasteiger charge is 2.26. The summed E-state index contributed by atoms with van der Waals surface area (Å²) >= 11 is 1.66. The zero-order valence-corrected chi connectivity index (χ0v) is 17.0. The van der Waals surface area contributed by atoms with E-state index in [0.29, 0.717) is 18.7 Å². The molecule has 0 heterocycles. The molecule has 2 aromatic carbocycles. The zero-order chi connectivity index (χ0) is 19.6. The first kappa shape index (κ1) is 21.0. The Bertz CT molecular complexity index is 720. The molecule has 5 heteroatoms.